The molecule has 0 amide bonds. The Balaban J connectivity index is 2.22. The molecule has 0 saturated heterocycles. The van der Waals surface area contributed by atoms with Gasteiger partial charge in [-0.3, -0.25) is 0 Å². The number of ether oxygens (including phenoxy) is 2. The van der Waals surface area contributed by atoms with Gasteiger partial charge in [0.25, 0.3) is 0 Å². The zero-order chi connectivity index (χ0) is 13.9. The molecule has 0 heterocycles. The molecular weight excluding hydrogens is 267 g/mol. The molecule has 0 fully saturated rings. The van der Waals surface area contributed by atoms with E-state index in [-0.39, 0.29) is 5.82 Å². The van der Waals surface area contributed by atoms with Crippen LogP contribution in [-0.4, -0.2) is 32.8 Å². The SMILES string of the molecule is COCCOCCCC(CCl)Cc1cccc(F)c1. The van der Waals surface area contributed by atoms with Crippen LogP contribution in [0.1, 0.15) is 18.4 Å². The lowest BCUT2D eigenvalue weighted by atomic mass is 9.96. The monoisotopic (exact) mass is 288 g/mol. The van der Waals surface area contributed by atoms with E-state index >= 15 is 0 Å². The van der Waals surface area contributed by atoms with Crippen molar-refractivity contribution in [2.24, 2.45) is 5.92 Å². The van der Waals surface area contributed by atoms with Gasteiger partial charge in [-0.25, -0.2) is 4.39 Å². The first-order valence-corrected chi connectivity index (χ1v) is 7.16. The Morgan fingerprint density at radius 3 is 2.79 bits per heavy atom. The van der Waals surface area contributed by atoms with Crippen LogP contribution in [0.2, 0.25) is 0 Å². The zero-order valence-corrected chi connectivity index (χ0v) is 12.2. The number of alkyl halides is 1. The molecule has 1 aromatic rings. The smallest absolute Gasteiger partial charge is 0.123 e. The molecule has 1 unspecified atom stereocenters. The van der Waals surface area contributed by atoms with Crippen molar-refractivity contribution in [1.29, 1.82) is 0 Å². The average Bonchev–Trinajstić information content (AvgIpc) is 2.41. The van der Waals surface area contributed by atoms with Crippen LogP contribution in [0, 0.1) is 11.7 Å². The maximum absolute atomic E-state index is 13.1. The molecule has 19 heavy (non-hydrogen) atoms. The molecule has 0 aromatic heterocycles. The Morgan fingerprint density at radius 2 is 2.11 bits per heavy atom. The van der Waals surface area contributed by atoms with Gasteiger partial charge in [0, 0.05) is 19.6 Å². The minimum absolute atomic E-state index is 0.186. The molecule has 0 bridgehead atoms. The maximum Gasteiger partial charge on any atom is 0.123 e. The van der Waals surface area contributed by atoms with Gasteiger partial charge >= 0.3 is 0 Å². The van der Waals surface area contributed by atoms with Crippen LogP contribution >= 0.6 is 11.6 Å². The molecule has 0 radical (unpaired) electrons. The molecule has 108 valence electrons. The second-order valence-corrected chi connectivity index (χ2v) is 4.91. The molecule has 1 atom stereocenters. The standard InChI is InChI=1S/C15H22ClFO2/c1-18-8-9-19-7-3-5-14(12-16)10-13-4-2-6-15(17)11-13/h2,4,6,11,14H,3,5,7-10,12H2,1H3. The zero-order valence-electron chi connectivity index (χ0n) is 11.4. The summed E-state index contributed by atoms with van der Waals surface area (Å²) in [6.45, 7) is 1.98. The Hall–Kier alpha value is -0.640. The molecule has 0 aliphatic carbocycles. The van der Waals surface area contributed by atoms with Crippen molar-refractivity contribution < 1.29 is 13.9 Å². The number of methoxy groups -OCH3 is 1. The Morgan fingerprint density at radius 1 is 1.26 bits per heavy atom. The second-order valence-electron chi connectivity index (χ2n) is 4.60. The summed E-state index contributed by atoms with van der Waals surface area (Å²) in [6, 6.07) is 6.72. The quantitative estimate of drug-likeness (QED) is 0.483. The Labute approximate surface area is 119 Å². The van der Waals surface area contributed by atoms with E-state index in [1.54, 1.807) is 19.2 Å². The molecular formula is C15H22ClFO2. The van der Waals surface area contributed by atoms with Crippen LogP contribution in [-0.2, 0) is 15.9 Å². The summed E-state index contributed by atoms with van der Waals surface area (Å²) < 4.78 is 23.4. The first-order valence-electron chi connectivity index (χ1n) is 6.63. The summed E-state index contributed by atoms with van der Waals surface area (Å²) >= 11 is 5.97. The molecule has 1 rings (SSSR count). The Kier molecular flexibility index (Phi) is 8.80. The first-order chi connectivity index (χ1) is 9.26. The van der Waals surface area contributed by atoms with Gasteiger partial charge < -0.3 is 9.47 Å². The van der Waals surface area contributed by atoms with Gasteiger partial charge in [0.1, 0.15) is 5.82 Å². The van der Waals surface area contributed by atoms with E-state index < -0.39 is 0 Å². The number of halogens is 2. The highest BCUT2D eigenvalue weighted by molar-refractivity contribution is 6.18. The number of benzene rings is 1. The molecule has 4 heteroatoms. The van der Waals surface area contributed by atoms with Crippen LogP contribution in [0.15, 0.2) is 24.3 Å². The lowest BCUT2D eigenvalue weighted by Crippen LogP contribution is -2.09. The topological polar surface area (TPSA) is 18.5 Å². The molecule has 0 spiro atoms. The van der Waals surface area contributed by atoms with Crippen LogP contribution < -0.4 is 0 Å². The minimum atomic E-state index is -0.186. The highest BCUT2D eigenvalue weighted by atomic mass is 35.5. The third kappa shape index (κ3) is 7.51. The lowest BCUT2D eigenvalue weighted by molar-refractivity contribution is 0.0675. The molecule has 2 nitrogen and oxygen atoms in total. The summed E-state index contributed by atoms with van der Waals surface area (Å²) in [6.07, 6.45) is 2.78. The van der Waals surface area contributed by atoms with Crippen molar-refractivity contribution in [2.75, 3.05) is 32.8 Å². The van der Waals surface area contributed by atoms with Crippen molar-refractivity contribution >= 4 is 11.6 Å². The molecule has 0 saturated carbocycles. The van der Waals surface area contributed by atoms with E-state index in [9.17, 15) is 4.39 Å². The predicted molar refractivity (Wildman–Crippen MR) is 76.2 cm³/mol. The van der Waals surface area contributed by atoms with Crippen LogP contribution in [0.4, 0.5) is 4.39 Å². The van der Waals surface area contributed by atoms with Crippen molar-refractivity contribution in [3.05, 3.63) is 35.6 Å². The Bertz CT molecular complexity index is 347. The van der Waals surface area contributed by atoms with Crippen molar-refractivity contribution in [3.63, 3.8) is 0 Å². The molecule has 0 aliphatic rings. The molecule has 0 N–H and O–H groups in total. The van der Waals surface area contributed by atoms with Crippen LogP contribution in [0.3, 0.4) is 0 Å². The van der Waals surface area contributed by atoms with Crippen LogP contribution in [0.25, 0.3) is 0 Å². The van der Waals surface area contributed by atoms with Gasteiger partial charge in [-0.05, 0) is 42.9 Å². The average molecular weight is 289 g/mol. The summed E-state index contributed by atoms with van der Waals surface area (Å²) in [5.74, 6) is 0.775. The van der Waals surface area contributed by atoms with Gasteiger partial charge in [-0.1, -0.05) is 12.1 Å². The minimum Gasteiger partial charge on any atom is -0.382 e. The lowest BCUT2D eigenvalue weighted by Gasteiger charge is -2.14. The van der Waals surface area contributed by atoms with Gasteiger partial charge in [0.05, 0.1) is 13.2 Å². The number of hydrogen-bond acceptors (Lipinski definition) is 2. The fourth-order valence-electron chi connectivity index (χ4n) is 1.95. The van der Waals surface area contributed by atoms with Crippen molar-refractivity contribution in [1.82, 2.24) is 0 Å². The third-order valence-corrected chi connectivity index (χ3v) is 3.40. The fraction of sp³-hybridized carbons (Fsp3) is 0.600. The normalized spacial score (nSPS) is 12.6. The second kappa shape index (κ2) is 10.2. The summed E-state index contributed by atoms with van der Waals surface area (Å²) in [7, 11) is 1.66. The van der Waals surface area contributed by atoms with Crippen molar-refractivity contribution in [2.45, 2.75) is 19.3 Å². The van der Waals surface area contributed by atoms with Gasteiger partial charge in [-0.2, -0.15) is 0 Å². The van der Waals surface area contributed by atoms with E-state index in [4.69, 9.17) is 21.1 Å². The molecule has 0 aliphatic heterocycles. The van der Waals surface area contributed by atoms with Crippen molar-refractivity contribution in [3.8, 4) is 0 Å². The largest absolute Gasteiger partial charge is 0.382 e. The number of hydrogen-bond donors (Lipinski definition) is 0. The van der Waals surface area contributed by atoms with E-state index in [2.05, 4.69) is 0 Å². The first kappa shape index (κ1) is 16.4. The summed E-state index contributed by atoms with van der Waals surface area (Å²) in [5, 5.41) is 0. The predicted octanol–water partition coefficient (Wildman–Crippen LogP) is 3.67. The number of rotatable bonds is 10. The van der Waals surface area contributed by atoms with E-state index in [1.807, 2.05) is 6.07 Å². The van der Waals surface area contributed by atoms with Gasteiger partial charge in [0.15, 0.2) is 0 Å². The maximum atomic E-state index is 13.1. The van der Waals surface area contributed by atoms with E-state index in [0.29, 0.717) is 25.0 Å². The summed E-state index contributed by atoms with van der Waals surface area (Å²) in [4.78, 5) is 0. The van der Waals surface area contributed by atoms with Gasteiger partial charge in [0.2, 0.25) is 0 Å². The summed E-state index contributed by atoms with van der Waals surface area (Å²) in [5.41, 5.74) is 1.01. The highest BCUT2D eigenvalue weighted by Crippen LogP contribution is 2.16. The van der Waals surface area contributed by atoms with Gasteiger partial charge in [-0.15, -0.1) is 11.6 Å². The molecule has 1 aromatic carbocycles. The highest BCUT2D eigenvalue weighted by Gasteiger charge is 2.09. The third-order valence-electron chi connectivity index (χ3n) is 2.96. The van der Waals surface area contributed by atoms with E-state index in [1.165, 1.54) is 6.07 Å². The van der Waals surface area contributed by atoms with E-state index in [0.717, 1.165) is 31.4 Å². The van der Waals surface area contributed by atoms with Crippen LogP contribution in [0.5, 0.6) is 0 Å². The fourth-order valence-corrected chi connectivity index (χ4v) is 2.21.